The summed E-state index contributed by atoms with van der Waals surface area (Å²) in [4.78, 5) is 2.54. The lowest BCUT2D eigenvalue weighted by Gasteiger charge is -2.47. The fourth-order valence-electron chi connectivity index (χ4n) is 4.01. The summed E-state index contributed by atoms with van der Waals surface area (Å²) in [5.41, 5.74) is 7.77. The second kappa shape index (κ2) is 6.24. The fourth-order valence-corrected chi connectivity index (χ4v) is 4.27. The highest BCUT2D eigenvalue weighted by Gasteiger charge is 2.47. The number of halogens is 1. The highest BCUT2D eigenvalue weighted by molar-refractivity contribution is 6.31. The summed E-state index contributed by atoms with van der Waals surface area (Å²) in [6, 6.07) is -0.0898. The lowest BCUT2D eigenvalue weighted by atomic mass is 9.84. The Bertz CT molecular complexity index is 478. The molecular formula is C15H25ClN4O. The first kappa shape index (κ1) is 15.3. The molecule has 2 aliphatic rings. The highest BCUT2D eigenvalue weighted by atomic mass is 35.5. The van der Waals surface area contributed by atoms with Crippen LogP contribution < -0.4 is 5.73 Å². The maximum Gasteiger partial charge on any atom is 0.0834 e. The van der Waals surface area contributed by atoms with E-state index in [1.807, 2.05) is 4.68 Å². The maximum absolute atomic E-state index is 6.76. The number of hydrogen-bond acceptors (Lipinski definition) is 4. The molecule has 2 heterocycles. The minimum absolute atomic E-state index is 0.0143. The molecule has 0 radical (unpaired) electrons. The minimum Gasteiger partial charge on any atom is -0.379 e. The molecule has 1 saturated carbocycles. The molecule has 1 atom stereocenters. The van der Waals surface area contributed by atoms with E-state index in [-0.39, 0.29) is 11.6 Å². The SMILES string of the molecule is CCn1ncc(Cl)c1C(N)C1(N2CCOCC2)CCCC1. The standard InChI is InChI=1S/C15H25ClN4O/c1-2-20-13(12(16)11-18-20)14(17)15(5-3-4-6-15)19-7-9-21-10-8-19/h11,14H,2-10,17H2,1H3. The van der Waals surface area contributed by atoms with Crippen molar-refractivity contribution in [3.63, 3.8) is 0 Å². The second-order valence-electron chi connectivity index (χ2n) is 6.08. The number of morpholine rings is 1. The first-order valence-corrected chi connectivity index (χ1v) is 8.36. The molecule has 2 fully saturated rings. The van der Waals surface area contributed by atoms with Crippen molar-refractivity contribution in [2.75, 3.05) is 26.3 Å². The molecule has 21 heavy (non-hydrogen) atoms. The quantitative estimate of drug-likeness (QED) is 0.926. The molecule has 1 aromatic rings. The zero-order valence-electron chi connectivity index (χ0n) is 12.7. The molecule has 0 aromatic carbocycles. The topological polar surface area (TPSA) is 56.3 Å². The highest BCUT2D eigenvalue weighted by Crippen LogP contribution is 2.45. The molecule has 6 heteroatoms. The van der Waals surface area contributed by atoms with E-state index < -0.39 is 0 Å². The van der Waals surface area contributed by atoms with Gasteiger partial charge in [-0.05, 0) is 19.8 Å². The number of aryl methyl sites for hydroxylation is 1. The van der Waals surface area contributed by atoms with Crippen LogP contribution in [0.5, 0.6) is 0 Å². The summed E-state index contributed by atoms with van der Waals surface area (Å²) in [6.45, 7) is 6.41. The van der Waals surface area contributed by atoms with Crippen LogP contribution in [0.15, 0.2) is 6.20 Å². The summed E-state index contributed by atoms with van der Waals surface area (Å²) >= 11 is 6.39. The molecule has 1 aliphatic carbocycles. The molecule has 1 saturated heterocycles. The van der Waals surface area contributed by atoms with Gasteiger partial charge >= 0.3 is 0 Å². The number of nitrogens with two attached hydrogens (primary N) is 1. The molecule has 1 aromatic heterocycles. The Morgan fingerprint density at radius 2 is 2.05 bits per heavy atom. The molecule has 0 bridgehead atoms. The molecule has 1 aliphatic heterocycles. The van der Waals surface area contributed by atoms with Crippen molar-refractivity contribution in [3.05, 3.63) is 16.9 Å². The zero-order chi connectivity index (χ0) is 14.9. The van der Waals surface area contributed by atoms with E-state index in [1.165, 1.54) is 12.8 Å². The smallest absolute Gasteiger partial charge is 0.0834 e. The maximum atomic E-state index is 6.76. The van der Waals surface area contributed by atoms with Gasteiger partial charge in [0.1, 0.15) is 0 Å². The number of nitrogens with zero attached hydrogens (tertiary/aromatic N) is 3. The van der Waals surface area contributed by atoms with Crippen molar-refractivity contribution in [1.29, 1.82) is 0 Å². The van der Waals surface area contributed by atoms with E-state index in [0.717, 1.165) is 51.4 Å². The van der Waals surface area contributed by atoms with Crippen LogP contribution in [0.2, 0.25) is 5.02 Å². The Morgan fingerprint density at radius 3 is 2.67 bits per heavy atom. The monoisotopic (exact) mass is 312 g/mol. The minimum atomic E-state index is -0.0898. The molecule has 5 nitrogen and oxygen atoms in total. The van der Waals surface area contributed by atoms with Gasteiger partial charge in [0.2, 0.25) is 0 Å². The van der Waals surface area contributed by atoms with E-state index in [0.29, 0.717) is 5.02 Å². The van der Waals surface area contributed by atoms with Gasteiger partial charge in [-0.2, -0.15) is 5.10 Å². The van der Waals surface area contributed by atoms with Gasteiger partial charge in [0, 0.05) is 25.2 Å². The average molecular weight is 313 g/mol. The third kappa shape index (κ3) is 2.61. The number of ether oxygens (including phenoxy) is 1. The summed E-state index contributed by atoms with van der Waals surface area (Å²) in [7, 11) is 0. The van der Waals surface area contributed by atoms with Crippen LogP contribution in [-0.2, 0) is 11.3 Å². The average Bonchev–Trinajstić information content (AvgIpc) is 3.15. The van der Waals surface area contributed by atoms with Crippen LogP contribution >= 0.6 is 11.6 Å². The molecule has 2 N–H and O–H groups in total. The normalized spacial score (nSPS) is 24.3. The first-order chi connectivity index (χ1) is 10.2. The first-order valence-electron chi connectivity index (χ1n) is 7.98. The molecule has 118 valence electrons. The predicted molar refractivity (Wildman–Crippen MR) is 83.4 cm³/mol. The van der Waals surface area contributed by atoms with Gasteiger partial charge in [0.15, 0.2) is 0 Å². The molecule has 3 rings (SSSR count). The van der Waals surface area contributed by atoms with Crippen LogP contribution in [-0.4, -0.2) is 46.5 Å². The van der Waals surface area contributed by atoms with E-state index in [1.54, 1.807) is 6.20 Å². The van der Waals surface area contributed by atoms with Crippen molar-refractivity contribution in [1.82, 2.24) is 14.7 Å². The fraction of sp³-hybridized carbons (Fsp3) is 0.800. The van der Waals surface area contributed by atoms with Crippen LogP contribution in [0.3, 0.4) is 0 Å². The molecule has 1 unspecified atom stereocenters. The van der Waals surface area contributed by atoms with E-state index >= 15 is 0 Å². The van der Waals surface area contributed by atoms with Gasteiger partial charge in [-0.15, -0.1) is 0 Å². The van der Waals surface area contributed by atoms with Crippen LogP contribution in [0.4, 0.5) is 0 Å². The Hall–Kier alpha value is -0.620. The number of rotatable bonds is 4. The van der Waals surface area contributed by atoms with Crippen molar-refractivity contribution in [3.8, 4) is 0 Å². The number of aromatic nitrogens is 2. The zero-order valence-corrected chi connectivity index (χ0v) is 13.5. The van der Waals surface area contributed by atoms with Crippen LogP contribution in [0.1, 0.15) is 44.3 Å². The summed E-state index contributed by atoms with van der Waals surface area (Å²) in [5.74, 6) is 0. The number of hydrogen-bond donors (Lipinski definition) is 1. The molecule has 0 amide bonds. The Morgan fingerprint density at radius 1 is 1.38 bits per heavy atom. The predicted octanol–water partition coefficient (Wildman–Crippen LogP) is 2.20. The Kier molecular flexibility index (Phi) is 4.54. The summed E-state index contributed by atoms with van der Waals surface area (Å²) in [5, 5.41) is 5.06. The van der Waals surface area contributed by atoms with E-state index in [4.69, 9.17) is 22.1 Å². The van der Waals surface area contributed by atoms with Crippen molar-refractivity contribution < 1.29 is 4.74 Å². The van der Waals surface area contributed by atoms with Crippen LogP contribution in [0, 0.1) is 0 Å². The molecule has 0 spiro atoms. The second-order valence-corrected chi connectivity index (χ2v) is 6.49. The van der Waals surface area contributed by atoms with Gasteiger partial charge in [-0.25, -0.2) is 0 Å². The van der Waals surface area contributed by atoms with E-state index in [2.05, 4.69) is 16.9 Å². The Labute approximate surface area is 131 Å². The third-order valence-corrected chi connectivity index (χ3v) is 5.41. The van der Waals surface area contributed by atoms with Crippen LogP contribution in [0.25, 0.3) is 0 Å². The van der Waals surface area contributed by atoms with Gasteiger partial charge in [0.25, 0.3) is 0 Å². The summed E-state index contributed by atoms with van der Waals surface area (Å²) < 4.78 is 7.47. The van der Waals surface area contributed by atoms with Gasteiger partial charge in [-0.1, -0.05) is 24.4 Å². The van der Waals surface area contributed by atoms with Gasteiger partial charge < -0.3 is 10.5 Å². The Balaban J connectivity index is 1.94. The van der Waals surface area contributed by atoms with Crippen molar-refractivity contribution in [2.24, 2.45) is 5.73 Å². The van der Waals surface area contributed by atoms with Crippen molar-refractivity contribution >= 4 is 11.6 Å². The van der Waals surface area contributed by atoms with Gasteiger partial charge in [0.05, 0.1) is 36.2 Å². The lowest BCUT2D eigenvalue weighted by molar-refractivity contribution is -0.0321. The largest absolute Gasteiger partial charge is 0.379 e. The lowest BCUT2D eigenvalue weighted by Crippen LogP contribution is -2.57. The third-order valence-electron chi connectivity index (χ3n) is 5.12. The van der Waals surface area contributed by atoms with Crippen molar-refractivity contribution in [2.45, 2.75) is 50.7 Å². The molecular weight excluding hydrogens is 288 g/mol. The summed E-state index contributed by atoms with van der Waals surface area (Å²) in [6.07, 6.45) is 6.48. The van der Waals surface area contributed by atoms with Gasteiger partial charge in [-0.3, -0.25) is 9.58 Å². The van der Waals surface area contributed by atoms with E-state index in [9.17, 15) is 0 Å².